The SMILES string of the molecule is O=C(Cn1nc(-n2cccn2)ccc1=O)Nc1ccc(F)cc1F. The molecule has 0 bridgehead atoms. The predicted molar refractivity (Wildman–Crippen MR) is 80.6 cm³/mol. The van der Waals surface area contributed by atoms with Crippen molar-refractivity contribution in [3.05, 3.63) is 70.8 Å². The summed E-state index contributed by atoms with van der Waals surface area (Å²) in [6.07, 6.45) is 3.17. The largest absolute Gasteiger partial charge is 0.322 e. The number of hydrogen-bond donors (Lipinski definition) is 1. The molecule has 7 nitrogen and oxygen atoms in total. The molecule has 0 saturated carbocycles. The number of nitrogens with zero attached hydrogens (tertiary/aromatic N) is 4. The van der Waals surface area contributed by atoms with Gasteiger partial charge in [0.15, 0.2) is 5.82 Å². The highest BCUT2D eigenvalue weighted by Crippen LogP contribution is 2.14. The van der Waals surface area contributed by atoms with Gasteiger partial charge in [0.05, 0.1) is 5.69 Å². The van der Waals surface area contributed by atoms with Crippen molar-refractivity contribution in [3.8, 4) is 5.82 Å². The van der Waals surface area contributed by atoms with E-state index < -0.39 is 29.6 Å². The summed E-state index contributed by atoms with van der Waals surface area (Å²) in [5.74, 6) is -1.99. The Balaban J connectivity index is 1.79. The number of hydrogen-bond acceptors (Lipinski definition) is 4. The van der Waals surface area contributed by atoms with Crippen molar-refractivity contribution in [2.45, 2.75) is 6.54 Å². The van der Waals surface area contributed by atoms with Crippen LogP contribution in [0.2, 0.25) is 0 Å². The molecule has 9 heteroatoms. The average Bonchev–Trinajstić information content (AvgIpc) is 3.07. The van der Waals surface area contributed by atoms with Crippen LogP contribution in [0.15, 0.2) is 53.6 Å². The van der Waals surface area contributed by atoms with Crippen molar-refractivity contribution in [2.24, 2.45) is 0 Å². The Bertz CT molecular complexity index is 937. The van der Waals surface area contributed by atoms with E-state index >= 15 is 0 Å². The summed E-state index contributed by atoms with van der Waals surface area (Å²) in [6, 6.07) is 7.15. The lowest BCUT2D eigenvalue weighted by atomic mass is 10.3. The van der Waals surface area contributed by atoms with Gasteiger partial charge in [-0.3, -0.25) is 9.59 Å². The van der Waals surface area contributed by atoms with Crippen LogP contribution in [0.5, 0.6) is 0 Å². The van der Waals surface area contributed by atoms with Gasteiger partial charge >= 0.3 is 0 Å². The molecule has 1 N–H and O–H groups in total. The predicted octanol–water partition coefficient (Wildman–Crippen LogP) is 1.35. The summed E-state index contributed by atoms with van der Waals surface area (Å²) < 4.78 is 28.7. The summed E-state index contributed by atoms with van der Waals surface area (Å²) in [4.78, 5) is 23.8. The molecule has 0 spiro atoms. The number of nitrogens with one attached hydrogen (secondary N) is 1. The molecule has 0 aliphatic rings. The fourth-order valence-corrected chi connectivity index (χ4v) is 1.99. The van der Waals surface area contributed by atoms with Gasteiger partial charge in [0.25, 0.3) is 5.56 Å². The van der Waals surface area contributed by atoms with E-state index in [1.165, 1.54) is 16.8 Å². The Morgan fingerprint density at radius 2 is 2.04 bits per heavy atom. The second-order valence-electron chi connectivity index (χ2n) is 4.81. The lowest BCUT2D eigenvalue weighted by Gasteiger charge is -2.09. The van der Waals surface area contributed by atoms with E-state index in [0.29, 0.717) is 11.9 Å². The Morgan fingerprint density at radius 3 is 2.75 bits per heavy atom. The maximum atomic E-state index is 13.5. The van der Waals surface area contributed by atoms with E-state index in [2.05, 4.69) is 15.5 Å². The Hall–Kier alpha value is -3.36. The van der Waals surface area contributed by atoms with Gasteiger partial charge in [0, 0.05) is 24.5 Å². The van der Waals surface area contributed by atoms with Gasteiger partial charge in [-0.1, -0.05) is 0 Å². The number of carbonyl (C=O) groups excluding carboxylic acids is 1. The minimum Gasteiger partial charge on any atom is -0.322 e. The molecule has 0 fully saturated rings. The molecule has 0 aliphatic carbocycles. The minimum atomic E-state index is -0.908. The second-order valence-corrected chi connectivity index (χ2v) is 4.81. The standard InChI is InChI=1S/C15H11F2N5O2/c16-10-2-3-12(11(17)8-10)19-14(23)9-22-15(24)5-4-13(20-22)21-7-1-6-18-21/h1-8H,9H2,(H,19,23). The first-order valence-electron chi connectivity index (χ1n) is 6.86. The number of benzene rings is 1. The summed E-state index contributed by atoms with van der Waals surface area (Å²) in [7, 11) is 0. The zero-order chi connectivity index (χ0) is 17.1. The molecule has 1 amide bonds. The smallest absolute Gasteiger partial charge is 0.267 e. The van der Waals surface area contributed by atoms with Crippen LogP contribution in [0.4, 0.5) is 14.5 Å². The molecule has 2 heterocycles. The molecule has 24 heavy (non-hydrogen) atoms. The average molecular weight is 331 g/mol. The summed E-state index contributed by atoms with van der Waals surface area (Å²) in [6.45, 7) is -0.426. The quantitative estimate of drug-likeness (QED) is 0.782. The Morgan fingerprint density at radius 1 is 1.21 bits per heavy atom. The van der Waals surface area contributed by atoms with Crippen LogP contribution in [-0.2, 0) is 11.3 Å². The fraction of sp³-hybridized carbons (Fsp3) is 0.0667. The van der Waals surface area contributed by atoms with Crippen molar-refractivity contribution in [1.29, 1.82) is 0 Å². The first kappa shape index (κ1) is 15.5. The fourth-order valence-electron chi connectivity index (χ4n) is 1.99. The maximum Gasteiger partial charge on any atom is 0.267 e. The number of amides is 1. The molecule has 3 rings (SSSR count). The van der Waals surface area contributed by atoms with Crippen molar-refractivity contribution >= 4 is 11.6 Å². The highest BCUT2D eigenvalue weighted by Gasteiger charge is 2.11. The molecule has 122 valence electrons. The van der Waals surface area contributed by atoms with Crippen molar-refractivity contribution in [3.63, 3.8) is 0 Å². The molecule has 0 radical (unpaired) electrons. The van der Waals surface area contributed by atoms with E-state index in [-0.39, 0.29) is 5.69 Å². The number of halogens is 2. The normalized spacial score (nSPS) is 10.6. The molecule has 0 atom stereocenters. The molecule has 0 aliphatic heterocycles. The molecule has 0 saturated heterocycles. The number of aromatic nitrogens is 4. The first-order valence-corrected chi connectivity index (χ1v) is 6.86. The first-order chi connectivity index (χ1) is 11.5. The van der Waals surface area contributed by atoms with E-state index in [1.807, 2.05) is 0 Å². The van der Waals surface area contributed by atoms with Crippen molar-refractivity contribution in [2.75, 3.05) is 5.32 Å². The molecular formula is C15H11F2N5O2. The maximum absolute atomic E-state index is 13.5. The van der Waals surface area contributed by atoms with Gasteiger partial charge in [-0.05, 0) is 24.3 Å². The van der Waals surface area contributed by atoms with Crippen molar-refractivity contribution in [1.82, 2.24) is 19.6 Å². The summed E-state index contributed by atoms with van der Waals surface area (Å²) in [5, 5.41) is 10.3. The Kier molecular flexibility index (Phi) is 4.15. The molecule has 3 aromatic rings. The lowest BCUT2D eigenvalue weighted by Crippen LogP contribution is -2.30. The van der Waals surface area contributed by atoms with Crippen molar-refractivity contribution < 1.29 is 13.6 Å². The third-order valence-corrected chi connectivity index (χ3v) is 3.09. The van der Waals surface area contributed by atoms with Gasteiger partial charge in [-0.25, -0.2) is 18.1 Å². The zero-order valence-corrected chi connectivity index (χ0v) is 12.2. The van der Waals surface area contributed by atoms with Gasteiger partial charge in [0.2, 0.25) is 5.91 Å². The lowest BCUT2D eigenvalue weighted by molar-refractivity contribution is -0.117. The van der Waals surface area contributed by atoms with Gasteiger partial charge in [-0.2, -0.15) is 5.10 Å². The third-order valence-electron chi connectivity index (χ3n) is 3.09. The summed E-state index contributed by atoms with van der Waals surface area (Å²) in [5.41, 5.74) is -0.682. The van der Waals surface area contributed by atoms with Crippen LogP contribution in [0, 0.1) is 11.6 Å². The van der Waals surface area contributed by atoms with Crippen LogP contribution >= 0.6 is 0 Å². The van der Waals surface area contributed by atoms with E-state index in [9.17, 15) is 18.4 Å². The molecular weight excluding hydrogens is 320 g/mol. The molecule has 1 aromatic carbocycles. The number of anilines is 1. The summed E-state index contributed by atoms with van der Waals surface area (Å²) >= 11 is 0. The van der Waals surface area contributed by atoms with E-state index in [0.717, 1.165) is 16.8 Å². The Labute approximate surface area is 134 Å². The van der Waals surface area contributed by atoms with Gasteiger partial charge in [-0.15, -0.1) is 5.10 Å². The van der Waals surface area contributed by atoms with Gasteiger partial charge in [0.1, 0.15) is 18.2 Å². The highest BCUT2D eigenvalue weighted by atomic mass is 19.1. The van der Waals surface area contributed by atoms with E-state index in [1.54, 1.807) is 18.5 Å². The third kappa shape index (κ3) is 3.35. The highest BCUT2D eigenvalue weighted by molar-refractivity contribution is 5.90. The topological polar surface area (TPSA) is 81.8 Å². The second kappa shape index (κ2) is 6.41. The van der Waals surface area contributed by atoms with Crippen LogP contribution in [0.3, 0.4) is 0 Å². The molecule has 0 unspecified atom stereocenters. The van der Waals surface area contributed by atoms with Crippen LogP contribution in [0.1, 0.15) is 0 Å². The minimum absolute atomic E-state index is 0.183. The molecule has 2 aromatic heterocycles. The monoisotopic (exact) mass is 331 g/mol. The van der Waals surface area contributed by atoms with Crippen LogP contribution in [0.25, 0.3) is 5.82 Å². The van der Waals surface area contributed by atoms with Crippen LogP contribution < -0.4 is 10.9 Å². The zero-order valence-electron chi connectivity index (χ0n) is 12.2. The number of carbonyl (C=O) groups is 1. The van der Waals surface area contributed by atoms with Gasteiger partial charge < -0.3 is 5.32 Å². The van der Waals surface area contributed by atoms with E-state index in [4.69, 9.17) is 0 Å². The number of rotatable bonds is 4. The van der Waals surface area contributed by atoms with Crippen LogP contribution in [-0.4, -0.2) is 25.5 Å².